The maximum Gasteiger partial charge on any atom is 0.245 e. The highest BCUT2D eigenvalue weighted by Gasteiger charge is 2.36. The van der Waals surface area contributed by atoms with Gasteiger partial charge in [0.05, 0.1) is 16.8 Å². The lowest BCUT2D eigenvalue weighted by atomic mass is 9.88. The van der Waals surface area contributed by atoms with Crippen LogP contribution >= 0.6 is 0 Å². The van der Waals surface area contributed by atoms with Gasteiger partial charge in [-0.05, 0) is 18.6 Å². The standard InChI is InChI=1S/C25H27N7O2/c1-5-21(33)32(4)17-11-18(12-17)34-24-22-19(16-9-7-6-8-10-16)13-26-23(22)28-25(29-24)27-20-14-31(3)30-15(20)2/h5-10,13-14,17-18H,1,11-12H2,2-4H3,(H2,26,27,28,29). The first-order valence-electron chi connectivity index (χ1n) is 11.2. The van der Waals surface area contributed by atoms with E-state index in [4.69, 9.17) is 14.7 Å². The Morgan fingerprint density at radius 1 is 1.29 bits per heavy atom. The number of aryl methyl sites for hydroxylation is 2. The first kappa shape index (κ1) is 21.7. The lowest BCUT2D eigenvalue weighted by Gasteiger charge is -2.40. The van der Waals surface area contributed by atoms with E-state index in [1.54, 1.807) is 16.6 Å². The van der Waals surface area contributed by atoms with Crippen LogP contribution in [-0.4, -0.2) is 54.7 Å². The highest BCUT2D eigenvalue weighted by atomic mass is 16.5. The molecule has 1 aliphatic rings. The topological polar surface area (TPSA) is 101 Å². The molecular weight excluding hydrogens is 430 g/mol. The summed E-state index contributed by atoms with van der Waals surface area (Å²) in [5.74, 6) is 0.855. The number of hydrogen-bond acceptors (Lipinski definition) is 6. The number of rotatable bonds is 7. The van der Waals surface area contributed by atoms with Gasteiger partial charge in [-0.25, -0.2) is 0 Å². The smallest absolute Gasteiger partial charge is 0.245 e. The Hall–Kier alpha value is -4.14. The van der Waals surface area contributed by atoms with E-state index in [1.807, 2.05) is 56.7 Å². The molecule has 0 spiro atoms. The Bertz CT molecular complexity index is 1350. The van der Waals surface area contributed by atoms with Gasteiger partial charge < -0.3 is 19.9 Å². The number of aromatic nitrogens is 5. The number of likely N-dealkylation sites (N-methyl/N-ethyl adjacent to an activating group) is 1. The van der Waals surface area contributed by atoms with Crippen LogP contribution in [0.25, 0.3) is 22.2 Å². The molecule has 9 nitrogen and oxygen atoms in total. The Kier molecular flexibility index (Phi) is 5.53. The van der Waals surface area contributed by atoms with Gasteiger partial charge in [0.2, 0.25) is 17.7 Å². The Labute approximate surface area is 197 Å². The molecule has 0 aliphatic heterocycles. The van der Waals surface area contributed by atoms with Crippen molar-refractivity contribution < 1.29 is 9.53 Å². The van der Waals surface area contributed by atoms with Gasteiger partial charge in [0, 0.05) is 50.9 Å². The number of nitrogens with one attached hydrogen (secondary N) is 2. The largest absolute Gasteiger partial charge is 0.474 e. The van der Waals surface area contributed by atoms with E-state index >= 15 is 0 Å². The van der Waals surface area contributed by atoms with Gasteiger partial charge in [0.1, 0.15) is 11.8 Å². The molecule has 0 unspecified atom stereocenters. The number of ether oxygens (including phenoxy) is 1. The Morgan fingerprint density at radius 3 is 2.74 bits per heavy atom. The van der Waals surface area contributed by atoms with E-state index in [2.05, 4.69) is 22.0 Å². The average molecular weight is 458 g/mol. The van der Waals surface area contributed by atoms with Crippen LogP contribution in [0, 0.1) is 6.92 Å². The van der Waals surface area contributed by atoms with Crippen LogP contribution in [-0.2, 0) is 11.8 Å². The first-order valence-corrected chi connectivity index (χ1v) is 11.2. The molecule has 3 aromatic heterocycles. The second-order valence-electron chi connectivity index (χ2n) is 8.59. The zero-order valence-corrected chi connectivity index (χ0v) is 19.4. The predicted molar refractivity (Wildman–Crippen MR) is 131 cm³/mol. The molecular formula is C25H27N7O2. The zero-order valence-electron chi connectivity index (χ0n) is 19.4. The molecule has 4 aromatic rings. The minimum Gasteiger partial charge on any atom is -0.474 e. The predicted octanol–water partition coefficient (Wildman–Crippen LogP) is 3.96. The summed E-state index contributed by atoms with van der Waals surface area (Å²) < 4.78 is 8.14. The molecule has 34 heavy (non-hydrogen) atoms. The molecule has 9 heteroatoms. The Balaban J connectivity index is 1.48. The molecule has 174 valence electrons. The third-order valence-corrected chi connectivity index (χ3v) is 6.26. The number of benzene rings is 1. The van der Waals surface area contributed by atoms with Crippen LogP contribution in [0.3, 0.4) is 0 Å². The van der Waals surface area contributed by atoms with Gasteiger partial charge in [-0.1, -0.05) is 36.9 Å². The number of aromatic amines is 1. The van der Waals surface area contributed by atoms with Crippen molar-refractivity contribution in [2.75, 3.05) is 12.4 Å². The fourth-order valence-electron chi connectivity index (χ4n) is 4.26. The molecule has 3 heterocycles. The van der Waals surface area contributed by atoms with Crippen LogP contribution in [0.1, 0.15) is 18.5 Å². The monoisotopic (exact) mass is 457 g/mol. The summed E-state index contributed by atoms with van der Waals surface area (Å²) in [5.41, 5.74) is 4.39. The van der Waals surface area contributed by atoms with E-state index < -0.39 is 0 Å². The minimum atomic E-state index is -0.0804. The van der Waals surface area contributed by atoms with Crippen LogP contribution < -0.4 is 10.1 Å². The number of fused-ring (bicyclic) bond motifs is 1. The van der Waals surface area contributed by atoms with E-state index in [1.165, 1.54) is 6.08 Å². The van der Waals surface area contributed by atoms with E-state index in [9.17, 15) is 4.79 Å². The first-order chi connectivity index (χ1) is 16.4. The highest BCUT2D eigenvalue weighted by molar-refractivity contribution is 5.97. The molecule has 5 rings (SSSR count). The summed E-state index contributed by atoms with van der Waals surface area (Å²) in [7, 11) is 3.67. The third-order valence-electron chi connectivity index (χ3n) is 6.26. The van der Waals surface area contributed by atoms with Crippen molar-refractivity contribution in [3.63, 3.8) is 0 Å². The van der Waals surface area contributed by atoms with Gasteiger partial charge in [-0.15, -0.1) is 0 Å². The molecule has 1 saturated carbocycles. The SMILES string of the molecule is C=CC(=O)N(C)C1CC(Oc2nc(Nc3cn(C)nc3C)nc3[nH]cc(-c4ccccc4)c23)C1. The summed E-state index contributed by atoms with van der Waals surface area (Å²) in [6.45, 7) is 5.50. The molecule has 0 radical (unpaired) electrons. The fraction of sp³-hybridized carbons (Fsp3) is 0.280. The third kappa shape index (κ3) is 4.00. The zero-order chi connectivity index (χ0) is 23.8. The number of H-pyrrole nitrogens is 1. The number of carbonyl (C=O) groups is 1. The van der Waals surface area contributed by atoms with E-state index in [0.717, 1.165) is 40.7 Å². The quantitative estimate of drug-likeness (QED) is 0.407. The van der Waals surface area contributed by atoms with Crippen LogP contribution in [0.15, 0.2) is 55.4 Å². The van der Waals surface area contributed by atoms with Crippen molar-refractivity contribution in [3.8, 4) is 17.0 Å². The maximum absolute atomic E-state index is 11.9. The van der Waals surface area contributed by atoms with Crippen molar-refractivity contribution in [3.05, 3.63) is 61.1 Å². The number of anilines is 2. The van der Waals surface area contributed by atoms with Gasteiger partial charge in [-0.2, -0.15) is 15.1 Å². The number of amides is 1. The van der Waals surface area contributed by atoms with Gasteiger partial charge >= 0.3 is 0 Å². The lowest BCUT2D eigenvalue weighted by molar-refractivity contribution is -0.130. The number of nitrogens with zero attached hydrogens (tertiary/aromatic N) is 5. The Morgan fingerprint density at radius 2 is 2.06 bits per heavy atom. The van der Waals surface area contributed by atoms with Crippen LogP contribution in [0.5, 0.6) is 5.88 Å². The van der Waals surface area contributed by atoms with Gasteiger partial charge in [-0.3, -0.25) is 9.48 Å². The second-order valence-corrected chi connectivity index (χ2v) is 8.59. The summed E-state index contributed by atoms with van der Waals surface area (Å²) >= 11 is 0. The van der Waals surface area contributed by atoms with Gasteiger partial charge in [0.15, 0.2) is 0 Å². The molecule has 1 amide bonds. The number of carbonyl (C=O) groups excluding carboxylic acids is 1. The van der Waals surface area contributed by atoms with Crippen molar-refractivity contribution >= 4 is 28.6 Å². The second kappa shape index (κ2) is 8.66. The number of hydrogen-bond donors (Lipinski definition) is 2. The normalized spacial score (nSPS) is 17.3. The molecule has 1 fully saturated rings. The van der Waals surface area contributed by atoms with E-state index in [0.29, 0.717) is 17.5 Å². The summed E-state index contributed by atoms with van der Waals surface area (Å²) in [4.78, 5) is 26.4. The molecule has 1 aromatic carbocycles. The van der Waals surface area contributed by atoms with Crippen molar-refractivity contribution in [1.29, 1.82) is 0 Å². The van der Waals surface area contributed by atoms with Crippen molar-refractivity contribution in [2.24, 2.45) is 7.05 Å². The summed E-state index contributed by atoms with van der Waals surface area (Å²) in [5, 5.41) is 8.47. The van der Waals surface area contributed by atoms with E-state index in [-0.39, 0.29) is 18.1 Å². The van der Waals surface area contributed by atoms with Crippen LogP contribution in [0.2, 0.25) is 0 Å². The molecule has 0 atom stereocenters. The molecule has 0 saturated heterocycles. The van der Waals surface area contributed by atoms with Crippen LogP contribution in [0.4, 0.5) is 11.6 Å². The molecule has 2 N–H and O–H groups in total. The minimum absolute atomic E-state index is 0.0466. The molecule has 1 aliphatic carbocycles. The highest BCUT2D eigenvalue weighted by Crippen LogP contribution is 2.37. The van der Waals surface area contributed by atoms with Crippen molar-refractivity contribution in [2.45, 2.75) is 31.9 Å². The van der Waals surface area contributed by atoms with Crippen molar-refractivity contribution in [1.82, 2.24) is 29.6 Å². The lowest BCUT2D eigenvalue weighted by Crippen LogP contribution is -2.49. The summed E-state index contributed by atoms with van der Waals surface area (Å²) in [6, 6.07) is 10.2. The maximum atomic E-state index is 11.9. The average Bonchev–Trinajstić information content (AvgIpc) is 3.37. The molecule has 0 bridgehead atoms. The fourth-order valence-corrected chi connectivity index (χ4v) is 4.26. The van der Waals surface area contributed by atoms with Gasteiger partial charge in [0.25, 0.3) is 0 Å². The summed E-state index contributed by atoms with van der Waals surface area (Å²) in [6.07, 6.45) is 6.58.